The zero-order chi connectivity index (χ0) is 15.4. The van der Waals surface area contributed by atoms with Crippen molar-refractivity contribution in [3.63, 3.8) is 0 Å². The lowest BCUT2D eigenvalue weighted by Crippen LogP contribution is -2.03. The van der Waals surface area contributed by atoms with Crippen LogP contribution >= 0.6 is 11.6 Å². The molecule has 2 aromatic carbocycles. The second-order valence-electron chi connectivity index (χ2n) is 4.80. The predicted octanol–water partition coefficient (Wildman–Crippen LogP) is 4.53. The summed E-state index contributed by atoms with van der Waals surface area (Å²) < 4.78 is 5.85. The molecule has 0 N–H and O–H groups in total. The van der Waals surface area contributed by atoms with Crippen LogP contribution in [0.2, 0.25) is 0 Å². The number of benzene rings is 2. The van der Waals surface area contributed by atoms with Gasteiger partial charge >= 0.3 is 0 Å². The zero-order valence-electron chi connectivity index (χ0n) is 11.9. The minimum Gasteiger partial charge on any atom is -0.488 e. The summed E-state index contributed by atoms with van der Waals surface area (Å²) in [6, 6.07) is 10.8. The molecule has 0 heterocycles. The Morgan fingerprint density at radius 2 is 1.81 bits per heavy atom. The van der Waals surface area contributed by atoms with Crippen molar-refractivity contribution in [2.24, 2.45) is 0 Å². The van der Waals surface area contributed by atoms with Crippen molar-refractivity contribution in [1.82, 2.24) is 0 Å². The molecule has 4 nitrogen and oxygen atoms in total. The smallest absolute Gasteiger partial charge is 0.272 e. The maximum absolute atomic E-state index is 11.0. The van der Waals surface area contributed by atoms with Gasteiger partial charge in [-0.3, -0.25) is 10.1 Å². The molecule has 0 bridgehead atoms. The van der Waals surface area contributed by atoms with Crippen LogP contribution in [0.1, 0.15) is 22.3 Å². The summed E-state index contributed by atoms with van der Waals surface area (Å²) in [6.45, 7) is 3.96. The molecule has 0 saturated carbocycles. The Balaban J connectivity index is 2.25. The van der Waals surface area contributed by atoms with Crippen LogP contribution in [-0.2, 0) is 12.5 Å². The lowest BCUT2D eigenvalue weighted by molar-refractivity contribution is -0.385. The van der Waals surface area contributed by atoms with E-state index in [9.17, 15) is 10.1 Å². The maximum Gasteiger partial charge on any atom is 0.272 e. The van der Waals surface area contributed by atoms with Crippen molar-refractivity contribution in [3.05, 3.63) is 68.8 Å². The summed E-state index contributed by atoms with van der Waals surface area (Å²) in [5, 5.41) is 11.0. The molecule has 0 unspecified atom stereocenters. The van der Waals surface area contributed by atoms with E-state index in [4.69, 9.17) is 16.3 Å². The Kier molecular flexibility index (Phi) is 4.81. The summed E-state index contributed by atoms with van der Waals surface area (Å²) in [5.74, 6) is 1.11. The first kappa shape index (κ1) is 15.3. The van der Waals surface area contributed by atoms with E-state index in [-0.39, 0.29) is 17.2 Å². The van der Waals surface area contributed by atoms with Crippen molar-refractivity contribution in [3.8, 4) is 5.75 Å². The predicted molar refractivity (Wildman–Crippen MR) is 82.9 cm³/mol. The van der Waals surface area contributed by atoms with Gasteiger partial charge in [0.1, 0.15) is 12.4 Å². The molecule has 2 aromatic rings. The number of ether oxygens (including phenoxy) is 1. The fourth-order valence-electron chi connectivity index (χ4n) is 2.20. The molecule has 0 fully saturated rings. The fourth-order valence-corrected chi connectivity index (χ4v) is 2.41. The van der Waals surface area contributed by atoms with Crippen LogP contribution in [0, 0.1) is 24.0 Å². The SMILES string of the molecule is Cc1cccc(CCl)c1OCc1cccc([N+](=O)[O-])c1C. The molecule has 0 aliphatic heterocycles. The van der Waals surface area contributed by atoms with Crippen LogP contribution in [0.3, 0.4) is 0 Å². The highest BCUT2D eigenvalue weighted by Crippen LogP contribution is 2.27. The van der Waals surface area contributed by atoms with Gasteiger partial charge in [0.2, 0.25) is 0 Å². The molecule has 0 aliphatic carbocycles. The van der Waals surface area contributed by atoms with E-state index in [1.54, 1.807) is 13.0 Å². The van der Waals surface area contributed by atoms with E-state index < -0.39 is 0 Å². The minimum absolute atomic E-state index is 0.110. The van der Waals surface area contributed by atoms with Crippen molar-refractivity contribution < 1.29 is 9.66 Å². The number of nitro groups is 1. The van der Waals surface area contributed by atoms with Gasteiger partial charge in [0.15, 0.2) is 0 Å². The van der Waals surface area contributed by atoms with Crippen LogP contribution in [0.5, 0.6) is 5.75 Å². The second-order valence-corrected chi connectivity index (χ2v) is 5.07. The third kappa shape index (κ3) is 3.34. The van der Waals surface area contributed by atoms with Crippen LogP contribution in [0.4, 0.5) is 5.69 Å². The first-order valence-corrected chi connectivity index (χ1v) is 7.08. The van der Waals surface area contributed by atoms with E-state index in [2.05, 4.69) is 0 Å². The minimum atomic E-state index is -0.378. The van der Waals surface area contributed by atoms with E-state index in [0.717, 1.165) is 22.4 Å². The molecular formula is C16H16ClNO3. The highest BCUT2D eigenvalue weighted by atomic mass is 35.5. The lowest BCUT2D eigenvalue weighted by Gasteiger charge is -2.14. The van der Waals surface area contributed by atoms with Gasteiger partial charge in [0.05, 0.1) is 10.8 Å². The summed E-state index contributed by atoms with van der Waals surface area (Å²) >= 11 is 5.91. The topological polar surface area (TPSA) is 52.4 Å². The number of aryl methyl sites for hydroxylation is 1. The van der Waals surface area contributed by atoms with Crippen LogP contribution < -0.4 is 4.74 Å². The number of halogens is 1. The number of para-hydroxylation sites is 1. The van der Waals surface area contributed by atoms with E-state index in [1.807, 2.05) is 31.2 Å². The van der Waals surface area contributed by atoms with Gasteiger partial charge in [-0.25, -0.2) is 0 Å². The number of nitrogens with zero attached hydrogens (tertiary/aromatic N) is 1. The Morgan fingerprint density at radius 1 is 1.14 bits per heavy atom. The number of hydrogen-bond acceptors (Lipinski definition) is 3. The van der Waals surface area contributed by atoms with Crippen molar-refractivity contribution in [1.29, 1.82) is 0 Å². The molecule has 21 heavy (non-hydrogen) atoms. The Hall–Kier alpha value is -2.07. The van der Waals surface area contributed by atoms with Gasteiger partial charge in [-0.2, -0.15) is 0 Å². The van der Waals surface area contributed by atoms with Crippen LogP contribution in [-0.4, -0.2) is 4.92 Å². The molecule has 110 valence electrons. The summed E-state index contributed by atoms with van der Waals surface area (Å²) in [5.41, 5.74) is 3.45. The summed E-state index contributed by atoms with van der Waals surface area (Å²) in [6.07, 6.45) is 0. The molecule has 0 atom stereocenters. The quantitative estimate of drug-likeness (QED) is 0.463. The van der Waals surface area contributed by atoms with Gasteiger partial charge in [0.25, 0.3) is 5.69 Å². The normalized spacial score (nSPS) is 10.4. The van der Waals surface area contributed by atoms with Crippen LogP contribution in [0.15, 0.2) is 36.4 Å². The number of nitro benzene ring substituents is 1. The molecule has 0 saturated heterocycles. The molecule has 0 aromatic heterocycles. The molecule has 0 aliphatic rings. The van der Waals surface area contributed by atoms with Crippen LogP contribution in [0.25, 0.3) is 0 Å². The highest BCUT2D eigenvalue weighted by molar-refractivity contribution is 6.17. The molecule has 2 rings (SSSR count). The van der Waals surface area contributed by atoms with Gasteiger partial charge in [-0.15, -0.1) is 11.6 Å². The Bertz CT molecular complexity index is 671. The zero-order valence-corrected chi connectivity index (χ0v) is 12.7. The summed E-state index contributed by atoms with van der Waals surface area (Å²) in [4.78, 5) is 10.6. The Morgan fingerprint density at radius 3 is 2.48 bits per heavy atom. The van der Waals surface area contributed by atoms with E-state index in [1.165, 1.54) is 6.07 Å². The van der Waals surface area contributed by atoms with Gasteiger partial charge in [0, 0.05) is 17.2 Å². The third-order valence-corrected chi connectivity index (χ3v) is 3.71. The highest BCUT2D eigenvalue weighted by Gasteiger charge is 2.14. The van der Waals surface area contributed by atoms with Gasteiger partial charge < -0.3 is 4.74 Å². The standard InChI is InChI=1S/C16H16ClNO3/c1-11-5-3-6-13(9-17)16(11)21-10-14-7-4-8-15(12(14)2)18(19)20/h3-8H,9-10H2,1-2H3. The fraction of sp³-hybridized carbons (Fsp3) is 0.250. The monoisotopic (exact) mass is 305 g/mol. The number of rotatable bonds is 5. The maximum atomic E-state index is 11.0. The summed E-state index contributed by atoms with van der Waals surface area (Å²) in [7, 11) is 0. The van der Waals surface area contributed by atoms with Crippen molar-refractivity contribution in [2.75, 3.05) is 0 Å². The number of hydrogen-bond donors (Lipinski definition) is 0. The van der Waals surface area contributed by atoms with E-state index in [0.29, 0.717) is 11.4 Å². The third-order valence-electron chi connectivity index (χ3n) is 3.42. The molecular weight excluding hydrogens is 290 g/mol. The van der Waals surface area contributed by atoms with E-state index >= 15 is 0 Å². The average molecular weight is 306 g/mol. The Labute approximate surface area is 128 Å². The van der Waals surface area contributed by atoms with Gasteiger partial charge in [-0.05, 0) is 25.0 Å². The number of alkyl halides is 1. The van der Waals surface area contributed by atoms with Crippen molar-refractivity contribution in [2.45, 2.75) is 26.3 Å². The molecule has 0 amide bonds. The van der Waals surface area contributed by atoms with Crippen molar-refractivity contribution >= 4 is 17.3 Å². The largest absolute Gasteiger partial charge is 0.488 e. The first-order valence-electron chi connectivity index (χ1n) is 6.54. The van der Waals surface area contributed by atoms with Gasteiger partial charge in [-0.1, -0.05) is 30.3 Å². The first-order chi connectivity index (χ1) is 10.0. The lowest BCUT2D eigenvalue weighted by atomic mass is 10.1. The second kappa shape index (κ2) is 6.59. The molecule has 0 radical (unpaired) electrons. The molecule has 5 heteroatoms. The average Bonchev–Trinajstić information content (AvgIpc) is 2.46. The molecule has 0 spiro atoms.